The SMILES string of the molecule is O=C(C[C@@H]1CC[C@H](NS(=O)(=O)c2ccccc2)[C@H](CO)O1)NCc1ccncn1. The maximum absolute atomic E-state index is 12.5. The van der Waals surface area contributed by atoms with Crippen LogP contribution >= 0.6 is 0 Å². The van der Waals surface area contributed by atoms with Gasteiger partial charge < -0.3 is 15.2 Å². The number of ether oxygens (including phenoxy) is 1. The molecule has 9 nitrogen and oxygen atoms in total. The van der Waals surface area contributed by atoms with Crippen molar-refractivity contribution < 1.29 is 23.1 Å². The van der Waals surface area contributed by atoms with Crippen LogP contribution in [0.3, 0.4) is 0 Å². The van der Waals surface area contributed by atoms with Crippen LogP contribution in [0.15, 0.2) is 53.8 Å². The van der Waals surface area contributed by atoms with E-state index in [1.165, 1.54) is 18.5 Å². The van der Waals surface area contributed by atoms with E-state index in [4.69, 9.17) is 4.74 Å². The molecular weight excluding hydrogens is 396 g/mol. The predicted molar refractivity (Wildman–Crippen MR) is 104 cm³/mol. The van der Waals surface area contributed by atoms with Crippen molar-refractivity contribution in [3.63, 3.8) is 0 Å². The van der Waals surface area contributed by atoms with Gasteiger partial charge in [-0.05, 0) is 31.0 Å². The molecule has 29 heavy (non-hydrogen) atoms. The molecule has 3 N–H and O–H groups in total. The molecule has 0 saturated carbocycles. The van der Waals surface area contributed by atoms with Crippen molar-refractivity contribution >= 4 is 15.9 Å². The molecule has 1 fully saturated rings. The first-order chi connectivity index (χ1) is 14.0. The van der Waals surface area contributed by atoms with Gasteiger partial charge in [0, 0.05) is 6.20 Å². The van der Waals surface area contributed by atoms with Crippen molar-refractivity contribution in [2.45, 2.75) is 49.0 Å². The minimum Gasteiger partial charge on any atom is -0.394 e. The van der Waals surface area contributed by atoms with E-state index < -0.39 is 28.3 Å². The zero-order valence-corrected chi connectivity index (χ0v) is 16.6. The van der Waals surface area contributed by atoms with Gasteiger partial charge in [0.2, 0.25) is 15.9 Å². The number of carbonyl (C=O) groups excluding carboxylic acids is 1. The molecule has 3 atom stereocenters. The van der Waals surface area contributed by atoms with Crippen molar-refractivity contribution in [2.24, 2.45) is 0 Å². The van der Waals surface area contributed by atoms with E-state index in [1.54, 1.807) is 30.5 Å². The summed E-state index contributed by atoms with van der Waals surface area (Å²) in [5.74, 6) is -0.200. The normalized spacial score (nSPS) is 22.2. The quantitative estimate of drug-likeness (QED) is 0.562. The Bertz CT molecular complexity index is 895. The van der Waals surface area contributed by atoms with Crippen LogP contribution in [0.25, 0.3) is 0 Å². The van der Waals surface area contributed by atoms with Gasteiger partial charge >= 0.3 is 0 Å². The minimum atomic E-state index is -3.72. The number of hydrogen-bond donors (Lipinski definition) is 3. The molecule has 0 spiro atoms. The largest absolute Gasteiger partial charge is 0.394 e. The second-order valence-electron chi connectivity index (χ2n) is 6.78. The first-order valence-corrected chi connectivity index (χ1v) is 10.8. The van der Waals surface area contributed by atoms with E-state index in [-0.39, 0.29) is 30.4 Å². The maximum Gasteiger partial charge on any atom is 0.240 e. The fourth-order valence-corrected chi connectivity index (χ4v) is 4.49. The Morgan fingerprint density at radius 1 is 1.21 bits per heavy atom. The summed E-state index contributed by atoms with van der Waals surface area (Å²) in [6.45, 7) is -0.0575. The average molecular weight is 420 g/mol. The molecule has 156 valence electrons. The van der Waals surface area contributed by atoms with Crippen molar-refractivity contribution in [3.8, 4) is 0 Å². The van der Waals surface area contributed by atoms with Crippen LogP contribution in [-0.4, -0.2) is 54.3 Å². The van der Waals surface area contributed by atoms with Gasteiger partial charge in [0.05, 0.1) is 48.4 Å². The van der Waals surface area contributed by atoms with Crippen LogP contribution in [0.1, 0.15) is 25.0 Å². The molecule has 1 amide bonds. The molecule has 2 heterocycles. The molecule has 0 unspecified atom stereocenters. The highest BCUT2D eigenvalue weighted by atomic mass is 32.2. The lowest BCUT2D eigenvalue weighted by Crippen LogP contribution is -2.51. The van der Waals surface area contributed by atoms with Crippen molar-refractivity contribution in [3.05, 3.63) is 54.6 Å². The third kappa shape index (κ3) is 6.04. The number of aliphatic hydroxyl groups is 1. The second-order valence-corrected chi connectivity index (χ2v) is 8.49. The lowest BCUT2D eigenvalue weighted by atomic mass is 9.98. The highest BCUT2D eigenvalue weighted by Crippen LogP contribution is 2.23. The highest BCUT2D eigenvalue weighted by Gasteiger charge is 2.34. The van der Waals surface area contributed by atoms with Gasteiger partial charge in [0.25, 0.3) is 0 Å². The summed E-state index contributed by atoms with van der Waals surface area (Å²) in [4.78, 5) is 20.2. The van der Waals surface area contributed by atoms with Gasteiger partial charge in [-0.25, -0.2) is 23.1 Å². The number of aliphatic hydroxyl groups excluding tert-OH is 1. The molecule has 1 aliphatic rings. The van der Waals surface area contributed by atoms with Crippen molar-refractivity contribution in [1.82, 2.24) is 20.0 Å². The lowest BCUT2D eigenvalue weighted by molar-refractivity contribution is -0.130. The molecule has 2 aromatic rings. The number of aromatic nitrogens is 2. The summed E-state index contributed by atoms with van der Waals surface area (Å²) in [6, 6.07) is 9.18. The summed E-state index contributed by atoms with van der Waals surface area (Å²) in [5.41, 5.74) is 0.696. The summed E-state index contributed by atoms with van der Waals surface area (Å²) in [6.07, 6.45) is 2.98. The summed E-state index contributed by atoms with van der Waals surface area (Å²) < 4.78 is 33.4. The van der Waals surface area contributed by atoms with Crippen molar-refractivity contribution in [1.29, 1.82) is 0 Å². The van der Waals surface area contributed by atoms with Crippen LogP contribution < -0.4 is 10.0 Å². The standard InChI is InChI=1S/C19H24N4O5S/c24-12-18-17(23-29(26,27)16-4-2-1-3-5-16)7-6-15(28-18)10-19(25)21-11-14-8-9-20-13-22-14/h1-5,8-9,13,15,17-18,23-24H,6-7,10-12H2,(H,21,25)/t15-,17-,18-/m0/s1. The predicted octanol–water partition coefficient (Wildman–Crippen LogP) is 0.370. The van der Waals surface area contributed by atoms with Gasteiger partial charge in [-0.1, -0.05) is 18.2 Å². The average Bonchev–Trinajstić information content (AvgIpc) is 2.74. The van der Waals surface area contributed by atoms with Gasteiger partial charge in [0.15, 0.2) is 0 Å². The van der Waals surface area contributed by atoms with Gasteiger partial charge in [-0.15, -0.1) is 0 Å². The van der Waals surface area contributed by atoms with E-state index in [0.717, 1.165) is 0 Å². The molecule has 10 heteroatoms. The molecule has 0 radical (unpaired) electrons. The van der Waals surface area contributed by atoms with Crippen molar-refractivity contribution in [2.75, 3.05) is 6.61 Å². The Morgan fingerprint density at radius 2 is 2.00 bits per heavy atom. The Hall–Kier alpha value is -2.40. The Morgan fingerprint density at radius 3 is 2.69 bits per heavy atom. The fourth-order valence-electron chi connectivity index (χ4n) is 3.17. The molecule has 1 aromatic carbocycles. The fraction of sp³-hybridized carbons (Fsp3) is 0.421. The van der Waals surface area contributed by atoms with E-state index in [0.29, 0.717) is 18.5 Å². The lowest BCUT2D eigenvalue weighted by Gasteiger charge is -2.35. The minimum absolute atomic E-state index is 0.125. The van der Waals surface area contributed by atoms with Crippen LogP contribution in [-0.2, 0) is 26.1 Å². The number of rotatable bonds is 8. The first kappa shape index (κ1) is 21.3. The third-order valence-electron chi connectivity index (χ3n) is 4.68. The van der Waals surface area contributed by atoms with E-state index in [2.05, 4.69) is 20.0 Å². The zero-order chi connectivity index (χ0) is 20.7. The number of nitrogens with one attached hydrogen (secondary N) is 2. The maximum atomic E-state index is 12.5. The number of benzene rings is 1. The van der Waals surface area contributed by atoms with Crippen LogP contribution in [0.4, 0.5) is 0 Å². The monoisotopic (exact) mass is 420 g/mol. The second kappa shape index (κ2) is 9.88. The Labute approximate surface area is 169 Å². The number of carbonyl (C=O) groups is 1. The molecular formula is C19H24N4O5S. The summed E-state index contributed by atoms with van der Waals surface area (Å²) in [7, 11) is -3.72. The van der Waals surface area contributed by atoms with Crippen LogP contribution in [0, 0.1) is 0 Å². The topological polar surface area (TPSA) is 131 Å². The number of nitrogens with zero attached hydrogens (tertiary/aromatic N) is 2. The molecule has 1 aromatic heterocycles. The molecule has 1 aliphatic heterocycles. The molecule has 0 aliphatic carbocycles. The molecule has 0 bridgehead atoms. The Kier molecular flexibility index (Phi) is 7.26. The number of amides is 1. The number of sulfonamides is 1. The van der Waals surface area contributed by atoms with Crippen LogP contribution in [0.5, 0.6) is 0 Å². The van der Waals surface area contributed by atoms with Gasteiger partial charge in [0.1, 0.15) is 6.33 Å². The summed E-state index contributed by atoms with van der Waals surface area (Å²) in [5, 5.41) is 12.4. The first-order valence-electron chi connectivity index (χ1n) is 9.33. The number of hydrogen-bond acceptors (Lipinski definition) is 7. The van der Waals surface area contributed by atoms with E-state index >= 15 is 0 Å². The smallest absolute Gasteiger partial charge is 0.240 e. The van der Waals surface area contributed by atoms with Gasteiger partial charge in [-0.3, -0.25) is 4.79 Å². The summed E-state index contributed by atoms with van der Waals surface area (Å²) >= 11 is 0. The van der Waals surface area contributed by atoms with Crippen LogP contribution in [0.2, 0.25) is 0 Å². The third-order valence-corrected chi connectivity index (χ3v) is 6.18. The van der Waals surface area contributed by atoms with E-state index in [9.17, 15) is 18.3 Å². The van der Waals surface area contributed by atoms with E-state index in [1.807, 2.05) is 0 Å². The highest BCUT2D eigenvalue weighted by molar-refractivity contribution is 7.89. The van der Waals surface area contributed by atoms with Gasteiger partial charge in [-0.2, -0.15) is 0 Å². The Balaban J connectivity index is 1.52. The zero-order valence-electron chi connectivity index (χ0n) is 15.8. The molecule has 3 rings (SSSR count). The molecule has 1 saturated heterocycles.